The Balaban J connectivity index is 2.18. The second-order valence-electron chi connectivity index (χ2n) is 3.57. The molecule has 0 aliphatic carbocycles. The van der Waals surface area contributed by atoms with Gasteiger partial charge in [0, 0.05) is 11.0 Å². The number of likely N-dealkylation sites (tertiary alicyclic amines) is 1. The van der Waals surface area contributed by atoms with Gasteiger partial charge in [-0.15, -0.1) is 11.3 Å². The van der Waals surface area contributed by atoms with Crippen LogP contribution < -0.4 is 0 Å². The van der Waals surface area contributed by atoms with Crippen molar-refractivity contribution in [2.45, 2.75) is 18.9 Å². The molecule has 1 atom stereocenters. The minimum atomic E-state index is 0.00602. The molecular weight excluding hydrogens is 278 g/mol. The molecule has 1 aromatic rings. The molecule has 2 heterocycles. The summed E-state index contributed by atoms with van der Waals surface area (Å²) in [6.07, 6.45) is 1.89. The molecule has 1 amide bonds. The topological polar surface area (TPSA) is 40.5 Å². The summed E-state index contributed by atoms with van der Waals surface area (Å²) in [5.74, 6) is 0.0356. The van der Waals surface area contributed by atoms with Gasteiger partial charge in [0.05, 0.1) is 12.6 Å². The van der Waals surface area contributed by atoms with E-state index >= 15 is 0 Å². The Labute approximate surface area is 101 Å². The quantitative estimate of drug-likeness (QED) is 0.906. The molecule has 0 radical (unpaired) electrons. The van der Waals surface area contributed by atoms with Gasteiger partial charge in [0.2, 0.25) is 0 Å². The number of halogens is 1. The lowest BCUT2D eigenvalue weighted by Gasteiger charge is -2.22. The Morgan fingerprint density at radius 1 is 1.73 bits per heavy atom. The van der Waals surface area contributed by atoms with Crippen molar-refractivity contribution in [2.24, 2.45) is 0 Å². The van der Waals surface area contributed by atoms with E-state index in [0.717, 1.165) is 28.7 Å². The van der Waals surface area contributed by atoms with Gasteiger partial charge < -0.3 is 10.0 Å². The highest BCUT2D eigenvalue weighted by molar-refractivity contribution is 9.10. The lowest BCUT2D eigenvalue weighted by molar-refractivity contribution is 0.0681. The highest BCUT2D eigenvalue weighted by Gasteiger charge is 2.30. The first-order valence-corrected chi connectivity index (χ1v) is 6.56. The summed E-state index contributed by atoms with van der Waals surface area (Å²) in [6.45, 7) is 0.823. The molecule has 15 heavy (non-hydrogen) atoms. The molecule has 82 valence electrons. The van der Waals surface area contributed by atoms with Gasteiger partial charge in [0.25, 0.3) is 5.91 Å². The van der Waals surface area contributed by atoms with Crippen LogP contribution in [0.5, 0.6) is 0 Å². The van der Waals surface area contributed by atoms with Gasteiger partial charge in [-0.05, 0) is 40.2 Å². The monoisotopic (exact) mass is 289 g/mol. The fraction of sp³-hybridized carbons (Fsp3) is 0.500. The van der Waals surface area contributed by atoms with Gasteiger partial charge in [0.15, 0.2) is 0 Å². The first kappa shape index (κ1) is 11.1. The number of nitrogens with zero attached hydrogens (tertiary/aromatic N) is 1. The first-order valence-electron chi connectivity index (χ1n) is 4.89. The molecule has 1 saturated heterocycles. The Hall–Kier alpha value is -0.390. The number of thiophene rings is 1. The number of carbonyl (C=O) groups is 1. The summed E-state index contributed by atoms with van der Waals surface area (Å²) in [5, 5.41) is 11.0. The van der Waals surface area contributed by atoms with Gasteiger partial charge in [-0.2, -0.15) is 0 Å². The summed E-state index contributed by atoms with van der Waals surface area (Å²) in [7, 11) is 0. The third kappa shape index (κ3) is 2.09. The summed E-state index contributed by atoms with van der Waals surface area (Å²) >= 11 is 4.79. The largest absolute Gasteiger partial charge is 0.394 e. The van der Waals surface area contributed by atoms with E-state index in [1.54, 1.807) is 4.90 Å². The minimum absolute atomic E-state index is 0.00602. The second-order valence-corrected chi connectivity index (χ2v) is 5.35. The molecule has 1 aromatic heterocycles. The van der Waals surface area contributed by atoms with Gasteiger partial charge in [-0.1, -0.05) is 0 Å². The van der Waals surface area contributed by atoms with Crippen molar-refractivity contribution in [2.75, 3.05) is 13.2 Å². The van der Waals surface area contributed by atoms with Crippen molar-refractivity contribution in [3.05, 3.63) is 20.8 Å². The maximum atomic E-state index is 12.1. The van der Waals surface area contributed by atoms with Crippen molar-refractivity contribution in [1.29, 1.82) is 0 Å². The van der Waals surface area contributed by atoms with Crippen LogP contribution in [-0.2, 0) is 0 Å². The fourth-order valence-electron chi connectivity index (χ4n) is 1.87. The maximum absolute atomic E-state index is 12.1. The van der Waals surface area contributed by atoms with E-state index in [4.69, 9.17) is 5.11 Å². The first-order chi connectivity index (χ1) is 7.24. The zero-order valence-electron chi connectivity index (χ0n) is 8.15. The Bertz CT molecular complexity index is 366. The molecule has 3 nitrogen and oxygen atoms in total. The summed E-state index contributed by atoms with van der Waals surface area (Å²) in [4.78, 5) is 14.6. The highest BCUT2D eigenvalue weighted by Crippen LogP contribution is 2.27. The molecule has 0 aromatic carbocycles. The van der Waals surface area contributed by atoms with Gasteiger partial charge in [-0.3, -0.25) is 4.79 Å². The maximum Gasteiger partial charge on any atom is 0.265 e. The summed E-state index contributed by atoms with van der Waals surface area (Å²) in [6, 6.07) is 1.88. The van der Waals surface area contributed by atoms with Crippen LogP contribution >= 0.6 is 27.3 Å². The SMILES string of the molecule is O=C(c1sccc1Br)N1CCCC1CO. The predicted octanol–water partition coefficient (Wildman–Crippen LogP) is 2.11. The number of carbonyl (C=O) groups excluding carboxylic acids is 1. The number of aliphatic hydroxyl groups is 1. The lowest BCUT2D eigenvalue weighted by atomic mass is 10.2. The second kappa shape index (κ2) is 4.63. The standard InChI is InChI=1S/C10H12BrNO2S/c11-8-3-5-15-9(8)10(14)12-4-1-2-7(12)6-13/h3,5,7,13H,1-2,4,6H2. The number of aliphatic hydroxyl groups excluding tert-OH is 1. The van der Waals surface area contributed by atoms with E-state index < -0.39 is 0 Å². The van der Waals surface area contributed by atoms with E-state index in [2.05, 4.69) is 15.9 Å². The van der Waals surface area contributed by atoms with Crippen LogP contribution in [0.2, 0.25) is 0 Å². The highest BCUT2D eigenvalue weighted by atomic mass is 79.9. The third-order valence-corrected chi connectivity index (χ3v) is 4.49. The molecule has 1 N–H and O–H groups in total. The van der Waals surface area contributed by atoms with Crippen LogP contribution in [-0.4, -0.2) is 35.1 Å². The zero-order valence-corrected chi connectivity index (χ0v) is 10.6. The predicted molar refractivity (Wildman–Crippen MR) is 63.2 cm³/mol. The van der Waals surface area contributed by atoms with Gasteiger partial charge >= 0.3 is 0 Å². The van der Waals surface area contributed by atoms with E-state index in [1.807, 2.05) is 11.4 Å². The van der Waals surface area contributed by atoms with Gasteiger partial charge in [-0.25, -0.2) is 0 Å². The van der Waals surface area contributed by atoms with Crippen LogP contribution in [0.1, 0.15) is 22.5 Å². The number of hydrogen-bond donors (Lipinski definition) is 1. The normalized spacial score (nSPS) is 20.9. The molecule has 0 saturated carbocycles. The van der Waals surface area contributed by atoms with Crippen LogP contribution in [0.15, 0.2) is 15.9 Å². The van der Waals surface area contributed by atoms with E-state index in [1.165, 1.54) is 11.3 Å². The molecule has 0 spiro atoms. The zero-order chi connectivity index (χ0) is 10.8. The Morgan fingerprint density at radius 2 is 2.53 bits per heavy atom. The lowest BCUT2D eigenvalue weighted by Crippen LogP contribution is -2.37. The van der Waals surface area contributed by atoms with Crippen LogP contribution in [0.3, 0.4) is 0 Å². The molecule has 1 fully saturated rings. The average Bonchev–Trinajstić information content (AvgIpc) is 2.84. The number of hydrogen-bond acceptors (Lipinski definition) is 3. The van der Waals surface area contributed by atoms with Gasteiger partial charge in [0.1, 0.15) is 4.88 Å². The van der Waals surface area contributed by atoms with Crippen LogP contribution in [0.4, 0.5) is 0 Å². The molecular formula is C10H12BrNO2S. The molecule has 5 heteroatoms. The molecule has 1 aliphatic heterocycles. The van der Waals surface area contributed by atoms with Crippen molar-refractivity contribution < 1.29 is 9.90 Å². The fourth-order valence-corrected chi connectivity index (χ4v) is 3.37. The van der Waals surface area contributed by atoms with E-state index in [9.17, 15) is 4.79 Å². The van der Waals surface area contributed by atoms with Crippen LogP contribution in [0.25, 0.3) is 0 Å². The van der Waals surface area contributed by atoms with Crippen molar-refractivity contribution in [1.82, 2.24) is 4.90 Å². The average molecular weight is 290 g/mol. The minimum Gasteiger partial charge on any atom is -0.394 e. The van der Waals surface area contributed by atoms with E-state index in [0.29, 0.717) is 0 Å². The molecule has 1 unspecified atom stereocenters. The summed E-state index contributed by atoms with van der Waals surface area (Å²) in [5.41, 5.74) is 0. The van der Waals surface area contributed by atoms with Crippen molar-refractivity contribution >= 4 is 33.2 Å². The molecule has 1 aliphatic rings. The Kier molecular flexibility index (Phi) is 3.43. The third-order valence-electron chi connectivity index (χ3n) is 2.66. The number of rotatable bonds is 2. The number of amides is 1. The van der Waals surface area contributed by atoms with Crippen molar-refractivity contribution in [3.8, 4) is 0 Å². The van der Waals surface area contributed by atoms with Crippen LogP contribution in [0, 0.1) is 0 Å². The summed E-state index contributed by atoms with van der Waals surface area (Å²) < 4.78 is 0.848. The Morgan fingerprint density at radius 3 is 3.13 bits per heavy atom. The van der Waals surface area contributed by atoms with Crippen molar-refractivity contribution in [3.63, 3.8) is 0 Å². The molecule has 2 rings (SSSR count). The van der Waals surface area contributed by atoms with E-state index in [-0.39, 0.29) is 18.6 Å². The smallest absolute Gasteiger partial charge is 0.265 e. The molecule has 0 bridgehead atoms.